The molecule has 0 saturated carbocycles. The van der Waals surface area contributed by atoms with Crippen LogP contribution in [-0.4, -0.2) is 40.3 Å². The number of methoxy groups -OCH3 is 1. The summed E-state index contributed by atoms with van der Waals surface area (Å²) in [7, 11) is -3.03. The van der Waals surface area contributed by atoms with Crippen LogP contribution in [0.4, 0.5) is 14.5 Å². The number of nitrogens with two attached hydrogens (primary N) is 1. The summed E-state index contributed by atoms with van der Waals surface area (Å²) in [5.41, 5.74) is 4.94. The van der Waals surface area contributed by atoms with Gasteiger partial charge in [-0.3, -0.25) is 4.79 Å². The molecule has 0 atom stereocenters. The van der Waals surface area contributed by atoms with Gasteiger partial charge in [-0.05, 0) is 12.1 Å². The molecule has 1 amide bonds. The summed E-state index contributed by atoms with van der Waals surface area (Å²) in [6.07, 6.45) is 0. The third kappa shape index (κ3) is 4.14. The Morgan fingerprint density at radius 1 is 1.35 bits per heavy atom. The number of amides is 1. The maximum Gasteiger partial charge on any atom is 0.235 e. The van der Waals surface area contributed by atoms with Gasteiger partial charge >= 0.3 is 0 Å². The molecule has 0 unspecified atom stereocenters. The minimum atomic E-state index is -4.43. The Hall–Kier alpha value is -1.74. The Labute approximate surface area is 114 Å². The van der Waals surface area contributed by atoms with Crippen LogP contribution in [-0.2, 0) is 19.4 Å². The van der Waals surface area contributed by atoms with Crippen LogP contribution < -0.4 is 11.1 Å². The van der Waals surface area contributed by atoms with Gasteiger partial charge in [-0.25, -0.2) is 17.2 Å². The third-order valence-corrected chi connectivity index (χ3v) is 3.94. The van der Waals surface area contributed by atoms with Gasteiger partial charge in [0.1, 0.15) is 22.3 Å². The second kappa shape index (κ2) is 6.62. The number of nitrogens with one attached hydrogen (secondary N) is 1. The second-order valence-corrected chi connectivity index (χ2v) is 5.84. The van der Waals surface area contributed by atoms with Crippen LogP contribution in [0.2, 0.25) is 0 Å². The molecule has 0 heterocycles. The van der Waals surface area contributed by atoms with Crippen molar-refractivity contribution in [1.29, 1.82) is 0 Å². The van der Waals surface area contributed by atoms with E-state index in [0.29, 0.717) is 12.1 Å². The predicted octanol–water partition coefficient (Wildman–Crippen LogP) is 0.0833. The number of sulfone groups is 1. The van der Waals surface area contributed by atoms with Crippen LogP contribution in [0.25, 0.3) is 0 Å². The van der Waals surface area contributed by atoms with Gasteiger partial charge in [-0.2, -0.15) is 0 Å². The zero-order valence-electron chi connectivity index (χ0n) is 10.7. The van der Waals surface area contributed by atoms with Crippen LogP contribution in [0, 0.1) is 11.6 Å². The second-order valence-electron chi connectivity index (χ2n) is 3.92. The average molecular weight is 308 g/mol. The molecule has 0 aromatic heterocycles. The lowest BCUT2D eigenvalue weighted by Gasteiger charge is -2.08. The number of hydrogen-bond donors (Lipinski definition) is 2. The summed E-state index contributed by atoms with van der Waals surface area (Å²) < 4.78 is 55.3. The highest BCUT2D eigenvalue weighted by Gasteiger charge is 2.27. The standard InChI is InChI=1S/C11H14F2N2O4S/c1-19-3-2-15-10(16)6-20(17,18)11-8(12)4-7(14)5-9(11)13/h4-5H,2-3,6,14H2,1H3,(H,15,16). The highest BCUT2D eigenvalue weighted by Crippen LogP contribution is 2.22. The van der Waals surface area contributed by atoms with E-state index in [1.807, 2.05) is 0 Å². The number of nitrogen functional groups attached to an aromatic ring is 1. The van der Waals surface area contributed by atoms with Gasteiger partial charge < -0.3 is 15.8 Å². The van der Waals surface area contributed by atoms with Crippen molar-refractivity contribution in [3.05, 3.63) is 23.8 Å². The Bertz CT molecular complexity index is 581. The molecule has 0 aliphatic rings. The number of rotatable bonds is 6. The molecule has 0 radical (unpaired) electrons. The van der Waals surface area contributed by atoms with Gasteiger partial charge in [0.15, 0.2) is 9.84 Å². The topological polar surface area (TPSA) is 98.5 Å². The fourth-order valence-corrected chi connectivity index (χ4v) is 2.77. The molecular formula is C11H14F2N2O4S. The highest BCUT2D eigenvalue weighted by atomic mass is 32.2. The lowest BCUT2D eigenvalue weighted by atomic mass is 10.3. The minimum Gasteiger partial charge on any atom is -0.399 e. The molecule has 0 aliphatic heterocycles. The van der Waals surface area contributed by atoms with Crippen molar-refractivity contribution in [3.8, 4) is 0 Å². The third-order valence-electron chi connectivity index (χ3n) is 2.28. The van der Waals surface area contributed by atoms with Crippen LogP contribution in [0.5, 0.6) is 0 Å². The van der Waals surface area contributed by atoms with Crippen LogP contribution in [0.3, 0.4) is 0 Å². The monoisotopic (exact) mass is 308 g/mol. The van der Waals surface area contributed by atoms with Crippen molar-refractivity contribution in [2.24, 2.45) is 0 Å². The molecule has 0 bridgehead atoms. The first-order valence-corrected chi connectivity index (χ1v) is 7.16. The average Bonchev–Trinajstić information content (AvgIpc) is 2.26. The Balaban J connectivity index is 2.92. The van der Waals surface area contributed by atoms with E-state index in [9.17, 15) is 22.0 Å². The van der Waals surface area contributed by atoms with E-state index in [1.54, 1.807) is 0 Å². The summed E-state index contributed by atoms with van der Waals surface area (Å²) >= 11 is 0. The molecule has 9 heteroatoms. The van der Waals surface area contributed by atoms with Gasteiger partial charge in [0.2, 0.25) is 5.91 Å². The molecule has 0 aliphatic carbocycles. The van der Waals surface area contributed by atoms with E-state index in [-0.39, 0.29) is 18.8 Å². The quantitative estimate of drug-likeness (QED) is 0.573. The molecule has 0 fully saturated rings. The summed E-state index contributed by atoms with van der Waals surface area (Å²) in [5, 5.41) is 2.25. The van der Waals surface area contributed by atoms with Gasteiger partial charge in [0.25, 0.3) is 0 Å². The molecule has 112 valence electrons. The lowest BCUT2D eigenvalue weighted by Crippen LogP contribution is -2.33. The fraction of sp³-hybridized carbons (Fsp3) is 0.364. The van der Waals surface area contributed by atoms with E-state index in [0.717, 1.165) is 0 Å². The molecule has 20 heavy (non-hydrogen) atoms. The first-order valence-electron chi connectivity index (χ1n) is 5.51. The number of benzene rings is 1. The van der Waals surface area contributed by atoms with Crippen molar-refractivity contribution >= 4 is 21.4 Å². The molecule has 1 rings (SSSR count). The number of halogens is 2. The fourth-order valence-electron chi connectivity index (χ4n) is 1.46. The summed E-state index contributed by atoms with van der Waals surface area (Å²) in [5.74, 6) is -4.59. The van der Waals surface area contributed by atoms with Gasteiger partial charge in [0.05, 0.1) is 6.61 Å². The van der Waals surface area contributed by atoms with Crippen molar-refractivity contribution in [3.63, 3.8) is 0 Å². The summed E-state index contributed by atoms with van der Waals surface area (Å²) in [6, 6.07) is 1.36. The van der Waals surface area contributed by atoms with Gasteiger partial charge in [0, 0.05) is 19.3 Å². The molecule has 1 aromatic rings. The number of carbonyl (C=O) groups is 1. The molecular weight excluding hydrogens is 294 g/mol. The predicted molar refractivity (Wildman–Crippen MR) is 67.7 cm³/mol. The highest BCUT2D eigenvalue weighted by molar-refractivity contribution is 7.92. The normalized spacial score (nSPS) is 11.3. The lowest BCUT2D eigenvalue weighted by molar-refractivity contribution is -0.118. The Morgan fingerprint density at radius 3 is 2.40 bits per heavy atom. The summed E-state index contributed by atoms with van der Waals surface area (Å²) in [4.78, 5) is 10.2. The zero-order chi connectivity index (χ0) is 15.3. The maximum atomic E-state index is 13.5. The van der Waals surface area contributed by atoms with Crippen molar-refractivity contribution in [1.82, 2.24) is 5.32 Å². The smallest absolute Gasteiger partial charge is 0.235 e. The zero-order valence-corrected chi connectivity index (χ0v) is 11.5. The van der Waals surface area contributed by atoms with Crippen LogP contribution in [0.15, 0.2) is 17.0 Å². The molecule has 0 spiro atoms. The van der Waals surface area contributed by atoms with E-state index < -0.39 is 38.0 Å². The first-order chi connectivity index (χ1) is 9.27. The van der Waals surface area contributed by atoms with E-state index >= 15 is 0 Å². The largest absolute Gasteiger partial charge is 0.399 e. The van der Waals surface area contributed by atoms with Crippen molar-refractivity contribution < 1.29 is 26.7 Å². The number of ether oxygens (including phenoxy) is 1. The van der Waals surface area contributed by atoms with Gasteiger partial charge in [-0.15, -0.1) is 0 Å². The van der Waals surface area contributed by atoms with Crippen molar-refractivity contribution in [2.45, 2.75) is 4.90 Å². The Kier molecular flexibility index (Phi) is 5.40. The SMILES string of the molecule is COCCNC(=O)CS(=O)(=O)c1c(F)cc(N)cc1F. The maximum absolute atomic E-state index is 13.5. The van der Waals surface area contributed by atoms with E-state index in [1.165, 1.54) is 7.11 Å². The first kappa shape index (κ1) is 16.3. The molecule has 3 N–H and O–H groups in total. The number of anilines is 1. The molecule has 0 saturated heterocycles. The minimum absolute atomic E-state index is 0.0948. The van der Waals surface area contributed by atoms with E-state index in [2.05, 4.69) is 10.1 Å². The van der Waals surface area contributed by atoms with Gasteiger partial charge in [-0.1, -0.05) is 0 Å². The number of hydrogen-bond acceptors (Lipinski definition) is 5. The molecule has 6 nitrogen and oxygen atoms in total. The van der Waals surface area contributed by atoms with E-state index in [4.69, 9.17) is 5.73 Å². The summed E-state index contributed by atoms with van der Waals surface area (Å²) in [6.45, 7) is 0.286. The molecule has 1 aromatic carbocycles. The van der Waals surface area contributed by atoms with Crippen molar-refractivity contribution in [2.75, 3.05) is 31.7 Å². The van der Waals surface area contributed by atoms with Crippen LogP contribution >= 0.6 is 0 Å². The number of carbonyl (C=O) groups excluding carboxylic acids is 1. The Morgan fingerprint density at radius 2 is 1.90 bits per heavy atom. The van der Waals surface area contributed by atoms with Crippen LogP contribution in [0.1, 0.15) is 0 Å².